The zero-order valence-electron chi connectivity index (χ0n) is 10.9. The molecule has 104 valence electrons. The second-order valence-electron chi connectivity index (χ2n) is 4.50. The van der Waals surface area contributed by atoms with Crippen LogP contribution in [0.5, 0.6) is 17.2 Å². The predicted octanol–water partition coefficient (Wildman–Crippen LogP) is 2.22. The molecule has 0 radical (unpaired) electrons. The SMILES string of the molecule is O=C1C=C(c2ccc(Oc3cccc(O)c3)cc2)C(=O)N1. The van der Waals surface area contributed by atoms with Gasteiger partial charge in [0.05, 0.1) is 5.57 Å². The van der Waals surface area contributed by atoms with Crippen LogP contribution in [0, 0.1) is 0 Å². The Morgan fingerprint density at radius 1 is 0.952 bits per heavy atom. The average Bonchev–Trinajstić information content (AvgIpc) is 2.79. The lowest BCUT2D eigenvalue weighted by Crippen LogP contribution is -2.21. The molecule has 3 rings (SSSR count). The fraction of sp³-hybridized carbons (Fsp3) is 0. The third kappa shape index (κ3) is 2.76. The van der Waals surface area contributed by atoms with Gasteiger partial charge in [-0.05, 0) is 29.8 Å². The molecular weight excluding hydrogens is 270 g/mol. The fourth-order valence-corrected chi connectivity index (χ4v) is 2.01. The van der Waals surface area contributed by atoms with Crippen LogP contribution in [0.2, 0.25) is 0 Å². The topological polar surface area (TPSA) is 75.6 Å². The molecule has 5 nitrogen and oxygen atoms in total. The highest BCUT2D eigenvalue weighted by Crippen LogP contribution is 2.26. The third-order valence-corrected chi connectivity index (χ3v) is 2.98. The third-order valence-electron chi connectivity index (χ3n) is 2.98. The standard InChI is InChI=1S/C16H11NO4/c18-11-2-1-3-13(8-11)21-12-6-4-10(5-7-12)14-9-15(19)17-16(14)20/h1-9,18H,(H,17,19,20). The Kier molecular flexibility index (Phi) is 3.16. The van der Waals surface area contributed by atoms with Crippen LogP contribution >= 0.6 is 0 Å². The number of nitrogens with one attached hydrogen (secondary N) is 1. The number of imide groups is 1. The van der Waals surface area contributed by atoms with Crippen LogP contribution in [-0.2, 0) is 9.59 Å². The van der Waals surface area contributed by atoms with Gasteiger partial charge in [0.2, 0.25) is 0 Å². The van der Waals surface area contributed by atoms with Crippen LogP contribution in [0.1, 0.15) is 5.56 Å². The first-order valence-electron chi connectivity index (χ1n) is 6.26. The number of phenols is 1. The summed E-state index contributed by atoms with van der Waals surface area (Å²) in [6.45, 7) is 0. The maximum absolute atomic E-state index is 11.5. The molecule has 2 aromatic rings. The molecule has 0 spiro atoms. The van der Waals surface area contributed by atoms with E-state index in [1.807, 2.05) is 0 Å². The van der Waals surface area contributed by atoms with E-state index in [0.717, 1.165) is 0 Å². The summed E-state index contributed by atoms with van der Waals surface area (Å²) in [5, 5.41) is 11.6. The minimum Gasteiger partial charge on any atom is -0.508 e. The van der Waals surface area contributed by atoms with Crippen molar-refractivity contribution in [3.05, 3.63) is 60.2 Å². The van der Waals surface area contributed by atoms with E-state index in [1.165, 1.54) is 12.1 Å². The molecular formula is C16H11NO4. The van der Waals surface area contributed by atoms with E-state index in [4.69, 9.17) is 4.74 Å². The number of aromatic hydroxyl groups is 1. The molecule has 2 amide bonds. The van der Waals surface area contributed by atoms with E-state index in [9.17, 15) is 14.7 Å². The molecule has 0 atom stereocenters. The minimum absolute atomic E-state index is 0.121. The van der Waals surface area contributed by atoms with Crippen molar-refractivity contribution in [2.24, 2.45) is 0 Å². The number of phenolic OH excluding ortho intramolecular Hbond substituents is 1. The van der Waals surface area contributed by atoms with E-state index in [2.05, 4.69) is 5.32 Å². The quantitative estimate of drug-likeness (QED) is 0.846. The normalized spacial score (nSPS) is 13.8. The Labute approximate surface area is 120 Å². The van der Waals surface area contributed by atoms with Gasteiger partial charge in [0.1, 0.15) is 17.2 Å². The van der Waals surface area contributed by atoms with Gasteiger partial charge in [-0.3, -0.25) is 14.9 Å². The summed E-state index contributed by atoms with van der Waals surface area (Å²) in [5.41, 5.74) is 0.977. The van der Waals surface area contributed by atoms with Crippen LogP contribution in [0.3, 0.4) is 0 Å². The summed E-state index contributed by atoms with van der Waals surface area (Å²) in [6, 6.07) is 13.2. The zero-order chi connectivity index (χ0) is 14.8. The summed E-state index contributed by atoms with van der Waals surface area (Å²) >= 11 is 0. The lowest BCUT2D eigenvalue weighted by atomic mass is 10.1. The van der Waals surface area contributed by atoms with Gasteiger partial charge in [-0.2, -0.15) is 0 Å². The van der Waals surface area contributed by atoms with Crippen molar-refractivity contribution in [1.29, 1.82) is 0 Å². The second kappa shape index (κ2) is 5.13. The highest BCUT2D eigenvalue weighted by atomic mass is 16.5. The number of carbonyl (C=O) groups excluding carboxylic acids is 2. The van der Waals surface area contributed by atoms with Crippen LogP contribution < -0.4 is 10.1 Å². The molecule has 21 heavy (non-hydrogen) atoms. The first-order valence-corrected chi connectivity index (χ1v) is 6.26. The van der Waals surface area contributed by atoms with Crippen LogP contribution in [-0.4, -0.2) is 16.9 Å². The first-order chi connectivity index (χ1) is 10.1. The van der Waals surface area contributed by atoms with Gasteiger partial charge >= 0.3 is 0 Å². The van der Waals surface area contributed by atoms with Gasteiger partial charge in [-0.1, -0.05) is 18.2 Å². The molecule has 0 aliphatic carbocycles. The molecule has 0 fully saturated rings. The summed E-state index contributed by atoms with van der Waals surface area (Å²) in [4.78, 5) is 22.7. The number of hydrogen-bond acceptors (Lipinski definition) is 4. The van der Waals surface area contributed by atoms with Crippen molar-refractivity contribution < 1.29 is 19.4 Å². The van der Waals surface area contributed by atoms with E-state index >= 15 is 0 Å². The number of rotatable bonds is 3. The van der Waals surface area contributed by atoms with Gasteiger partial charge in [0.15, 0.2) is 0 Å². The van der Waals surface area contributed by atoms with E-state index < -0.39 is 11.8 Å². The fourth-order valence-electron chi connectivity index (χ4n) is 2.01. The van der Waals surface area contributed by atoms with Crippen molar-refractivity contribution in [2.75, 3.05) is 0 Å². The van der Waals surface area contributed by atoms with Crippen LogP contribution in [0.15, 0.2) is 54.6 Å². The van der Waals surface area contributed by atoms with Gasteiger partial charge in [-0.15, -0.1) is 0 Å². The Hall–Kier alpha value is -3.08. The van der Waals surface area contributed by atoms with Crippen LogP contribution in [0.25, 0.3) is 5.57 Å². The lowest BCUT2D eigenvalue weighted by molar-refractivity contribution is -0.123. The maximum Gasteiger partial charge on any atom is 0.258 e. The van der Waals surface area contributed by atoms with Crippen molar-refractivity contribution in [3.8, 4) is 17.2 Å². The highest BCUT2D eigenvalue weighted by Gasteiger charge is 2.21. The van der Waals surface area contributed by atoms with E-state index in [1.54, 1.807) is 42.5 Å². The van der Waals surface area contributed by atoms with Gasteiger partial charge < -0.3 is 9.84 Å². The summed E-state index contributed by atoms with van der Waals surface area (Å²) < 4.78 is 5.58. The van der Waals surface area contributed by atoms with Gasteiger partial charge in [0.25, 0.3) is 11.8 Å². The van der Waals surface area contributed by atoms with E-state index in [-0.39, 0.29) is 5.75 Å². The number of amides is 2. The van der Waals surface area contributed by atoms with Gasteiger partial charge in [0, 0.05) is 12.1 Å². The van der Waals surface area contributed by atoms with Gasteiger partial charge in [-0.25, -0.2) is 0 Å². The molecule has 0 aromatic heterocycles. The summed E-state index contributed by atoms with van der Waals surface area (Å²) in [6.07, 6.45) is 1.27. The minimum atomic E-state index is -0.407. The number of carbonyl (C=O) groups is 2. The molecule has 1 heterocycles. The Morgan fingerprint density at radius 3 is 2.33 bits per heavy atom. The molecule has 2 aromatic carbocycles. The number of benzene rings is 2. The molecule has 0 unspecified atom stereocenters. The van der Waals surface area contributed by atoms with Crippen molar-refractivity contribution in [1.82, 2.24) is 5.32 Å². The van der Waals surface area contributed by atoms with Crippen molar-refractivity contribution in [2.45, 2.75) is 0 Å². The zero-order valence-corrected chi connectivity index (χ0v) is 10.9. The average molecular weight is 281 g/mol. The lowest BCUT2D eigenvalue weighted by Gasteiger charge is -2.07. The molecule has 1 aliphatic heterocycles. The van der Waals surface area contributed by atoms with Crippen molar-refractivity contribution in [3.63, 3.8) is 0 Å². The Balaban J connectivity index is 1.80. The maximum atomic E-state index is 11.5. The number of hydrogen-bond donors (Lipinski definition) is 2. The molecule has 0 bridgehead atoms. The Morgan fingerprint density at radius 2 is 1.71 bits per heavy atom. The van der Waals surface area contributed by atoms with Crippen LogP contribution in [0.4, 0.5) is 0 Å². The smallest absolute Gasteiger partial charge is 0.258 e. The molecule has 0 saturated heterocycles. The highest BCUT2D eigenvalue weighted by molar-refractivity contribution is 6.33. The molecule has 2 N–H and O–H groups in total. The Bertz CT molecular complexity index is 747. The molecule has 5 heteroatoms. The molecule has 0 saturated carbocycles. The first kappa shape index (κ1) is 12.9. The number of ether oxygens (including phenoxy) is 1. The molecule has 1 aliphatic rings. The predicted molar refractivity (Wildman–Crippen MR) is 75.7 cm³/mol. The van der Waals surface area contributed by atoms with E-state index in [0.29, 0.717) is 22.6 Å². The summed E-state index contributed by atoms with van der Waals surface area (Å²) in [5.74, 6) is 0.387. The van der Waals surface area contributed by atoms with Crippen molar-refractivity contribution >= 4 is 17.4 Å². The monoisotopic (exact) mass is 281 g/mol. The largest absolute Gasteiger partial charge is 0.508 e. The second-order valence-corrected chi connectivity index (χ2v) is 4.50. The summed E-state index contributed by atoms with van der Waals surface area (Å²) in [7, 11) is 0.